The van der Waals surface area contributed by atoms with E-state index in [0.29, 0.717) is 34.9 Å². The summed E-state index contributed by atoms with van der Waals surface area (Å²) in [6, 6.07) is 184. The first-order valence-corrected chi connectivity index (χ1v) is 44.7. The Morgan fingerprint density at radius 3 is 0.417 bits per heavy atom. The monoisotopic (exact) mass is 1680 g/mol. The maximum atomic E-state index is 5.65. The smallest absolute Gasteiger partial charge is 0.164 e. The summed E-state index contributed by atoms with van der Waals surface area (Å²) in [6.45, 7) is 0. The van der Waals surface area contributed by atoms with E-state index in [1.807, 2.05) is 36.4 Å². The summed E-state index contributed by atoms with van der Waals surface area (Å²) in [5, 5.41) is 0. The number of rotatable bonds is 20. The third-order valence-electron chi connectivity index (χ3n) is 24.4. The van der Waals surface area contributed by atoms with Crippen LogP contribution in [0, 0.1) is 0 Å². The molecule has 22 rings (SSSR count). The Labute approximate surface area is 770 Å². The van der Waals surface area contributed by atoms with Crippen LogP contribution in [0.25, 0.3) is 224 Å². The zero-order chi connectivity index (χ0) is 88.1. The Bertz CT molecular complexity index is 7370. The lowest BCUT2D eigenvalue weighted by Gasteiger charge is -2.19. The molecular weight excluding hydrogens is 1600 g/mol. The van der Waals surface area contributed by atoms with E-state index in [4.69, 9.17) is 29.9 Å². The predicted octanol–water partition coefficient (Wildman–Crippen LogP) is 33.1. The molecular formula is C126H86N6. The summed E-state index contributed by atoms with van der Waals surface area (Å²) in [6.07, 6.45) is 0. The summed E-state index contributed by atoms with van der Waals surface area (Å²) in [5.41, 5.74) is 36.4. The quantitative estimate of drug-likeness (QED) is 0.0757. The van der Waals surface area contributed by atoms with Crippen molar-refractivity contribution in [1.82, 2.24) is 29.9 Å². The first-order valence-electron chi connectivity index (χ1n) is 44.7. The summed E-state index contributed by atoms with van der Waals surface area (Å²) < 4.78 is 0. The lowest BCUT2D eigenvalue weighted by molar-refractivity contribution is 1.07. The van der Waals surface area contributed by atoms with E-state index < -0.39 is 0 Å². The van der Waals surface area contributed by atoms with Crippen LogP contribution in [0.1, 0.15) is 0 Å². The second-order valence-corrected chi connectivity index (χ2v) is 32.7. The minimum Gasteiger partial charge on any atom is -0.208 e. The zero-order valence-corrected chi connectivity index (χ0v) is 72.3. The lowest BCUT2D eigenvalue weighted by atomic mass is 9.87. The molecule has 6 nitrogen and oxygen atoms in total. The normalized spacial score (nSPS) is 11.0. The molecule has 2 aromatic heterocycles. The molecule has 0 aliphatic heterocycles. The number of hydrogen-bond acceptors (Lipinski definition) is 6. The van der Waals surface area contributed by atoms with E-state index in [9.17, 15) is 0 Å². The highest BCUT2D eigenvalue weighted by Gasteiger charge is 2.27. The topological polar surface area (TPSA) is 77.3 Å². The molecule has 0 saturated carbocycles. The maximum Gasteiger partial charge on any atom is 0.164 e. The molecule has 0 N–H and O–H groups in total. The lowest BCUT2D eigenvalue weighted by Crippen LogP contribution is -2.03. The van der Waals surface area contributed by atoms with Crippen LogP contribution in [0.3, 0.4) is 0 Å². The van der Waals surface area contributed by atoms with E-state index in [2.05, 4.69) is 485 Å². The minimum absolute atomic E-state index is 0.580. The van der Waals surface area contributed by atoms with Crippen LogP contribution < -0.4 is 0 Å². The molecule has 0 aliphatic rings. The average molecular weight is 1680 g/mol. The van der Waals surface area contributed by atoms with Gasteiger partial charge in [0.1, 0.15) is 0 Å². The van der Waals surface area contributed by atoms with Crippen LogP contribution in [0.4, 0.5) is 0 Å². The van der Waals surface area contributed by atoms with Gasteiger partial charge in [-0.05, 0) is 192 Å². The van der Waals surface area contributed by atoms with E-state index in [0.717, 1.165) is 189 Å². The first kappa shape index (κ1) is 81.5. The molecule has 0 amide bonds. The van der Waals surface area contributed by atoms with E-state index in [1.54, 1.807) is 0 Å². The van der Waals surface area contributed by atoms with Gasteiger partial charge in [0.2, 0.25) is 0 Å². The molecule has 20 aromatic carbocycles. The van der Waals surface area contributed by atoms with Gasteiger partial charge in [-0.1, -0.05) is 485 Å². The number of benzene rings is 20. The molecule has 22 aromatic rings. The molecule has 132 heavy (non-hydrogen) atoms. The van der Waals surface area contributed by atoms with Gasteiger partial charge in [0.05, 0.1) is 0 Å². The van der Waals surface area contributed by atoms with Gasteiger partial charge >= 0.3 is 0 Å². The Kier molecular flexibility index (Phi) is 23.4. The fourth-order valence-electron chi connectivity index (χ4n) is 17.8. The zero-order valence-electron chi connectivity index (χ0n) is 72.3. The van der Waals surface area contributed by atoms with Crippen LogP contribution in [0.5, 0.6) is 0 Å². The number of aromatic nitrogens is 6. The van der Waals surface area contributed by atoms with Gasteiger partial charge in [-0.15, -0.1) is 0 Å². The van der Waals surface area contributed by atoms with Gasteiger partial charge < -0.3 is 0 Å². The van der Waals surface area contributed by atoms with Gasteiger partial charge in [-0.25, -0.2) is 29.9 Å². The number of nitrogens with zero attached hydrogens (tertiary/aromatic N) is 6. The Morgan fingerprint density at radius 2 is 0.212 bits per heavy atom. The van der Waals surface area contributed by atoms with Crippen molar-refractivity contribution in [3.05, 3.63) is 522 Å². The van der Waals surface area contributed by atoms with E-state index in [1.165, 1.54) is 0 Å². The van der Waals surface area contributed by atoms with Gasteiger partial charge in [0, 0.05) is 33.4 Å². The average Bonchev–Trinajstić information content (AvgIpc) is 0.763. The van der Waals surface area contributed by atoms with E-state index in [-0.39, 0.29) is 0 Å². The van der Waals surface area contributed by atoms with Crippen molar-refractivity contribution in [2.75, 3.05) is 0 Å². The molecule has 0 spiro atoms. The second kappa shape index (κ2) is 37.9. The molecule has 0 fully saturated rings. The van der Waals surface area contributed by atoms with Crippen LogP contribution in [-0.4, -0.2) is 29.9 Å². The van der Waals surface area contributed by atoms with Crippen molar-refractivity contribution in [2.45, 2.75) is 0 Å². The van der Waals surface area contributed by atoms with Gasteiger partial charge in [0.15, 0.2) is 34.9 Å². The highest BCUT2D eigenvalue weighted by Crippen LogP contribution is 2.48. The molecule has 0 atom stereocenters. The SMILES string of the molecule is c1ccc(-c2ccc(-c3ccc(-c4ccccc4)cc3-c3nc(-c4ccccc4)nc(-c4cc(-c5ccccc5)ccc4-c4ccc(-c5ccccc5)cc4-c4ccccc4)n3)c(-c3ccccc3)c2)cc1.c1ccc(-c2ccc(-c3ccccc3-c3ccccc3)c(-c3nc(-c4ccccc4)nc(-c4cc(-c5ccccc5)ccc4-c4ccccc4-c4ccccc4)n3)c2)cc1. The van der Waals surface area contributed by atoms with Crippen LogP contribution in [0.15, 0.2) is 522 Å². The fraction of sp³-hybridized carbons (Fsp3) is 0. The molecule has 0 saturated heterocycles. The van der Waals surface area contributed by atoms with Crippen LogP contribution in [0.2, 0.25) is 0 Å². The Hall–Kier alpha value is -17.6. The summed E-state index contributed by atoms with van der Waals surface area (Å²) in [7, 11) is 0. The summed E-state index contributed by atoms with van der Waals surface area (Å²) >= 11 is 0. The number of hydrogen-bond donors (Lipinski definition) is 0. The minimum atomic E-state index is 0.580. The standard InChI is InChI=1S/C69H47N3.C57H39N3/c1-8-22-48(23-9-1)55-36-40-59(63(44-55)52-30-16-5-17-31-52)61-42-38-57(50-26-12-3-13-27-50)46-65(61)68-70-67(54-34-20-7-21-35-54)71-69(72-68)66-47-58(51-28-14-4-15-29-51)39-43-62(66)60-41-37-56(49-24-10-2-11-25-49)45-64(60)53-32-18-6-19-33-53;1-6-20-40(21-7-1)45-34-36-51(49-32-18-16-30-47(49)42-24-10-3-11-25-42)53(38-45)56-58-55(44-28-14-5-15-29-44)59-57(60-56)54-39-46(41-22-8-2-9-23-41)35-37-52(54)50-33-19-17-31-48(50)43-26-12-4-13-27-43/h1-47H;1-39H. The van der Waals surface area contributed by atoms with Crippen LogP contribution in [-0.2, 0) is 0 Å². The van der Waals surface area contributed by atoms with Crippen molar-refractivity contribution in [2.24, 2.45) is 0 Å². The maximum absolute atomic E-state index is 5.65. The summed E-state index contributed by atoms with van der Waals surface area (Å²) in [5.74, 6) is 3.56. The third kappa shape index (κ3) is 17.5. The largest absolute Gasteiger partial charge is 0.208 e. The van der Waals surface area contributed by atoms with Crippen molar-refractivity contribution in [3.8, 4) is 224 Å². The second-order valence-electron chi connectivity index (χ2n) is 32.7. The molecule has 620 valence electrons. The molecule has 0 bridgehead atoms. The van der Waals surface area contributed by atoms with Crippen molar-refractivity contribution >= 4 is 0 Å². The Morgan fingerprint density at radius 1 is 0.0758 bits per heavy atom. The van der Waals surface area contributed by atoms with Gasteiger partial charge in [0.25, 0.3) is 0 Å². The molecule has 2 heterocycles. The predicted molar refractivity (Wildman–Crippen MR) is 548 cm³/mol. The molecule has 0 aliphatic carbocycles. The highest BCUT2D eigenvalue weighted by atomic mass is 15.0. The Balaban J connectivity index is 0.000000162. The van der Waals surface area contributed by atoms with Crippen LogP contribution >= 0.6 is 0 Å². The fourth-order valence-corrected chi connectivity index (χ4v) is 17.8. The highest BCUT2D eigenvalue weighted by molar-refractivity contribution is 6.00. The van der Waals surface area contributed by atoms with E-state index >= 15 is 0 Å². The summed E-state index contributed by atoms with van der Waals surface area (Å²) in [4.78, 5) is 32.8. The first-order chi connectivity index (χ1) is 65.5. The van der Waals surface area contributed by atoms with Crippen molar-refractivity contribution in [1.29, 1.82) is 0 Å². The third-order valence-corrected chi connectivity index (χ3v) is 24.4. The molecule has 0 radical (unpaired) electrons. The van der Waals surface area contributed by atoms with Crippen molar-refractivity contribution < 1.29 is 0 Å². The van der Waals surface area contributed by atoms with Crippen molar-refractivity contribution in [3.63, 3.8) is 0 Å². The molecule has 6 heteroatoms. The van der Waals surface area contributed by atoms with Gasteiger partial charge in [-0.3, -0.25) is 0 Å². The van der Waals surface area contributed by atoms with Gasteiger partial charge in [-0.2, -0.15) is 0 Å². The molecule has 0 unspecified atom stereocenters.